The van der Waals surface area contributed by atoms with Crippen molar-refractivity contribution >= 4 is 37.5 Å². The molecule has 3 aromatic carbocycles. The number of halogens is 1. The maximum Gasteiger partial charge on any atom is 0.264 e. The van der Waals surface area contributed by atoms with Crippen molar-refractivity contribution in [2.75, 3.05) is 10.8 Å². The molecule has 8 heteroatoms. The maximum absolute atomic E-state index is 13.6. The molecule has 1 aliphatic rings. The number of nitrogens with one attached hydrogen (secondary N) is 1. The van der Waals surface area contributed by atoms with Crippen molar-refractivity contribution in [1.29, 1.82) is 0 Å². The molecule has 0 spiro atoms. The molecule has 1 amide bonds. The van der Waals surface area contributed by atoms with Crippen molar-refractivity contribution in [2.24, 2.45) is 0 Å². The fraction of sp³-hybridized carbons (Fsp3) is 0.296. The molecule has 0 aromatic heterocycles. The van der Waals surface area contributed by atoms with E-state index in [1.165, 1.54) is 12.1 Å². The van der Waals surface area contributed by atoms with Crippen LogP contribution in [0.3, 0.4) is 0 Å². The number of rotatable bonds is 8. The highest BCUT2D eigenvalue weighted by molar-refractivity contribution is 9.10. The number of benzene rings is 3. The van der Waals surface area contributed by atoms with E-state index in [9.17, 15) is 13.2 Å². The molecular weight excluding hydrogens is 528 g/mol. The van der Waals surface area contributed by atoms with Gasteiger partial charge in [0.2, 0.25) is 5.91 Å². The van der Waals surface area contributed by atoms with Gasteiger partial charge in [0.1, 0.15) is 17.9 Å². The van der Waals surface area contributed by atoms with Gasteiger partial charge < -0.3 is 10.1 Å². The van der Waals surface area contributed by atoms with Gasteiger partial charge >= 0.3 is 0 Å². The molecule has 0 unspecified atom stereocenters. The van der Waals surface area contributed by atoms with Crippen molar-refractivity contribution in [3.05, 3.63) is 88.9 Å². The molecule has 0 aliphatic carbocycles. The lowest BCUT2D eigenvalue weighted by molar-refractivity contribution is -0.121. The molecule has 0 fully saturated rings. The number of fused-ring (bicyclic) bond motifs is 1. The highest BCUT2D eigenvalue weighted by atomic mass is 79.9. The molecule has 0 radical (unpaired) electrons. The third-order valence-corrected chi connectivity index (χ3v) is 8.87. The molecule has 3 aromatic rings. The second-order valence-electron chi connectivity index (χ2n) is 8.66. The molecule has 0 bridgehead atoms. The number of hydrogen-bond donors (Lipinski definition) is 1. The summed E-state index contributed by atoms with van der Waals surface area (Å²) in [5, 5.41) is 3.10. The average molecular weight is 558 g/mol. The number of carbonyl (C=O) groups is 1. The summed E-state index contributed by atoms with van der Waals surface area (Å²) in [6.07, 6.45) is 2.22. The standard InChI is InChI=1S/C27H29BrN2O4S/c1-3-27(4-2)18-24(23-12-8-9-13-25(23)34-27)29-26(31)19-30(21-16-14-20(28)15-17-21)35(32,33)22-10-6-5-7-11-22/h5-17,24H,3-4,18-19H2,1-2H3,(H,29,31)/t24-/m0/s1. The number of sulfonamides is 1. The Kier molecular flexibility index (Phi) is 7.52. The Morgan fingerprint density at radius 1 is 1.00 bits per heavy atom. The summed E-state index contributed by atoms with van der Waals surface area (Å²) in [6, 6.07) is 22.5. The number of nitrogens with zero attached hydrogens (tertiary/aromatic N) is 1. The molecule has 1 heterocycles. The third-order valence-electron chi connectivity index (χ3n) is 6.55. The van der Waals surface area contributed by atoms with Crippen LogP contribution in [0, 0.1) is 0 Å². The minimum Gasteiger partial charge on any atom is -0.487 e. The second-order valence-corrected chi connectivity index (χ2v) is 11.4. The molecule has 1 atom stereocenters. The molecule has 0 saturated heterocycles. The molecule has 0 saturated carbocycles. The van der Waals surface area contributed by atoms with Crippen LogP contribution in [0.1, 0.15) is 44.7 Å². The minimum atomic E-state index is -3.96. The lowest BCUT2D eigenvalue weighted by atomic mass is 9.83. The first-order chi connectivity index (χ1) is 16.8. The van der Waals surface area contributed by atoms with Gasteiger partial charge in [-0.05, 0) is 55.3 Å². The Hall–Kier alpha value is -2.84. The van der Waals surface area contributed by atoms with Gasteiger partial charge in [-0.1, -0.05) is 66.2 Å². The van der Waals surface area contributed by atoms with Gasteiger partial charge in [0, 0.05) is 16.5 Å². The van der Waals surface area contributed by atoms with Gasteiger partial charge in [0.15, 0.2) is 0 Å². The van der Waals surface area contributed by atoms with Crippen LogP contribution in [-0.4, -0.2) is 26.5 Å². The van der Waals surface area contributed by atoms with E-state index in [0.717, 1.165) is 32.9 Å². The van der Waals surface area contributed by atoms with Crippen LogP contribution in [0.25, 0.3) is 0 Å². The van der Waals surface area contributed by atoms with Crippen molar-refractivity contribution in [3.8, 4) is 5.75 Å². The first-order valence-electron chi connectivity index (χ1n) is 11.7. The predicted octanol–water partition coefficient (Wildman–Crippen LogP) is 5.84. The molecule has 4 rings (SSSR count). The first-order valence-corrected chi connectivity index (χ1v) is 13.9. The first kappa shape index (κ1) is 25.3. The molecule has 1 aliphatic heterocycles. The van der Waals surface area contributed by atoms with E-state index in [2.05, 4.69) is 35.1 Å². The topological polar surface area (TPSA) is 75.7 Å². The smallest absolute Gasteiger partial charge is 0.264 e. The Bertz CT molecular complexity index is 1280. The zero-order chi connectivity index (χ0) is 25.1. The number of hydrogen-bond acceptors (Lipinski definition) is 4. The van der Waals surface area contributed by atoms with Gasteiger partial charge in [0.05, 0.1) is 16.6 Å². The van der Waals surface area contributed by atoms with E-state index in [4.69, 9.17) is 4.74 Å². The zero-order valence-electron chi connectivity index (χ0n) is 19.8. The Balaban J connectivity index is 1.64. The lowest BCUT2D eigenvalue weighted by Crippen LogP contribution is -2.47. The van der Waals surface area contributed by atoms with Gasteiger partial charge in [-0.2, -0.15) is 0 Å². The summed E-state index contributed by atoms with van der Waals surface area (Å²) in [5.74, 6) is 0.379. The van der Waals surface area contributed by atoms with Crippen molar-refractivity contribution in [2.45, 2.75) is 49.6 Å². The monoisotopic (exact) mass is 556 g/mol. The quantitative estimate of drug-likeness (QED) is 0.378. The third kappa shape index (κ3) is 5.38. The van der Waals surface area contributed by atoms with Crippen LogP contribution in [0.15, 0.2) is 88.2 Å². The normalized spacial score (nSPS) is 16.6. The summed E-state index contributed by atoms with van der Waals surface area (Å²) in [4.78, 5) is 13.5. The number of para-hydroxylation sites is 1. The number of amides is 1. The second kappa shape index (κ2) is 10.4. The summed E-state index contributed by atoms with van der Waals surface area (Å²) in [5.41, 5.74) is 0.934. The Morgan fingerprint density at radius 2 is 1.63 bits per heavy atom. The van der Waals surface area contributed by atoms with Crippen LogP contribution >= 0.6 is 15.9 Å². The average Bonchev–Trinajstić information content (AvgIpc) is 2.88. The van der Waals surface area contributed by atoms with Gasteiger partial charge in [0.25, 0.3) is 10.0 Å². The summed E-state index contributed by atoms with van der Waals surface area (Å²) >= 11 is 3.39. The predicted molar refractivity (Wildman–Crippen MR) is 141 cm³/mol. The molecule has 1 N–H and O–H groups in total. The Morgan fingerprint density at radius 3 is 2.29 bits per heavy atom. The summed E-state index contributed by atoms with van der Waals surface area (Å²) < 4.78 is 35.4. The van der Waals surface area contributed by atoms with Crippen molar-refractivity contribution in [3.63, 3.8) is 0 Å². The SMILES string of the molecule is CCC1(CC)C[C@H](NC(=O)CN(c2ccc(Br)cc2)S(=O)(=O)c2ccccc2)c2ccccc2O1. The van der Waals surface area contributed by atoms with Crippen LogP contribution in [0.5, 0.6) is 5.75 Å². The fourth-order valence-corrected chi connectivity index (χ4v) is 6.15. The van der Waals surface area contributed by atoms with Gasteiger partial charge in [-0.25, -0.2) is 8.42 Å². The van der Waals surface area contributed by atoms with Crippen LogP contribution in [-0.2, 0) is 14.8 Å². The fourth-order valence-electron chi connectivity index (χ4n) is 4.44. The van der Waals surface area contributed by atoms with Crippen LogP contribution < -0.4 is 14.4 Å². The van der Waals surface area contributed by atoms with Crippen molar-refractivity contribution < 1.29 is 17.9 Å². The molecular formula is C27H29BrN2O4S. The van der Waals surface area contributed by atoms with Crippen LogP contribution in [0.2, 0.25) is 0 Å². The van der Waals surface area contributed by atoms with E-state index in [1.807, 2.05) is 24.3 Å². The largest absolute Gasteiger partial charge is 0.487 e. The van der Waals surface area contributed by atoms with E-state index in [1.54, 1.807) is 42.5 Å². The minimum absolute atomic E-state index is 0.128. The van der Waals surface area contributed by atoms with Crippen molar-refractivity contribution in [1.82, 2.24) is 5.32 Å². The van der Waals surface area contributed by atoms with Gasteiger partial charge in [-0.15, -0.1) is 0 Å². The summed E-state index contributed by atoms with van der Waals surface area (Å²) in [6.45, 7) is 3.82. The molecule has 35 heavy (non-hydrogen) atoms. The Labute approximate surface area is 215 Å². The van der Waals surface area contributed by atoms with E-state index >= 15 is 0 Å². The number of ether oxygens (including phenoxy) is 1. The number of anilines is 1. The highest BCUT2D eigenvalue weighted by Crippen LogP contribution is 2.42. The van der Waals surface area contributed by atoms with E-state index in [-0.39, 0.29) is 29.0 Å². The molecule has 184 valence electrons. The number of carbonyl (C=O) groups excluding carboxylic acids is 1. The van der Waals surface area contributed by atoms with E-state index in [0.29, 0.717) is 12.1 Å². The maximum atomic E-state index is 13.6. The molecule has 6 nitrogen and oxygen atoms in total. The zero-order valence-corrected chi connectivity index (χ0v) is 22.2. The summed E-state index contributed by atoms with van der Waals surface area (Å²) in [7, 11) is -3.96. The van der Waals surface area contributed by atoms with Gasteiger partial charge in [-0.3, -0.25) is 9.10 Å². The van der Waals surface area contributed by atoms with Crippen LogP contribution in [0.4, 0.5) is 5.69 Å². The van der Waals surface area contributed by atoms with E-state index < -0.39 is 10.0 Å². The lowest BCUT2D eigenvalue weighted by Gasteiger charge is -2.41. The highest BCUT2D eigenvalue weighted by Gasteiger charge is 2.39.